The predicted octanol–water partition coefficient (Wildman–Crippen LogP) is 4.20. The number of benzene rings is 2. The van der Waals surface area contributed by atoms with Crippen molar-refractivity contribution in [1.82, 2.24) is 4.90 Å². The van der Waals surface area contributed by atoms with Gasteiger partial charge in [-0.25, -0.2) is 0 Å². The van der Waals surface area contributed by atoms with E-state index in [4.69, 9.17) is 14.2 Å². The van der Waals surface area contributed by atoms with Gasteiger partial charge in [-0.2, -0.15) is 0 Å². The summed E-state index contributed by atoms with van der Waals surface area (Å²) in [5, 5.41) is 11.4. The second kappa shape index (κ2) is 10.1. The maximum Gasteiger partial charge on any atom is 0.295 e. The molecule has 1 unspecified atom stereocenters. The molecule has 33 heavy (non-hydrogen) atoms. The van der Waals surface area contributed by atoms with Crippen LogP contribution in [0.2, 0.25) is 0 Å². The molecule has 2 aromatic rings. The van der Waals surface area contributed by atoms with E-state index in [-0.39, 0.29) is 30.4 Å². The molecule has 1 fully saturated rings. The number of aliphatic hydroxyl groups excluding tert-OH is 1. The zero-order chi connectivity index (χ0) is 24.3. The van der Waals surface area contributed by atoms with Gasteiger partial charge < -0.3 is 24.2 Å². The summed E-state index contributed by atoms with van der Waals surface area (Å²) in [5.41, 5.74) is 2.85. The fourth-order valence-electron chi connectivity index (χ4n) is 4.18. The first-order chi connectivity index (χ1) is 15.7. The SMILES string of the molecule is COCCN1C(=O)C(=O)/C(=C(/O)c2cc(C(C)C)c(OC)cc2C)C1c1cccc(OC)c1. The fraction of sp³-hybridized carbons (Fsp3) is 0.385. The molecule has 1 heterocycles. The van der Waals surface area contributed by atoms with Crippen LogP contribution in [0, 0.1) is 6.92 Å². The molecule has 1 aliphatic rings. The highest BCUT2D eigenvalue weighted by Crippen LogP contribution is 2.41. The zero-order valence-electron chi connectivity index (χ0n) is 20.0. The monoisotopic (exact) mass is 453 g/mol. The third-order valence-electron chi connectivity index (χ3n) is 5.94. The van der Waals surface area contributed by atoms with Crippen LogP contribution in [-0.4, -0.2) is 56.2 Å². The number of carbonyl (C=O) groups excluding carboxylic acids is 2. The van der Waals surface area contributed by atoms with Crippen LogP contribution in [0.1, 0.15) is 48.1 Å². The molecule has 1 atom stereocenters. The molecule has 1 saturated heterocycles. The van der Waals surface area contributed by atoms with Crippen molar-refractivity contribution in [2.45, 2.75) is 32.7 Å². The van der Waals surface area contributed by atoms with Gasteiger partial charge in [0.05, 0.1) is 32.4 Å². The summed E-state index contributed by atoms with van der Waals surface area (Å²) in [4.78, 5) is 27.6. The molecule has 1 amide bonds. The summed E-state index contributed by atoms with van der Waals surface area (Å²) < 4.78 is 16.0. The van der Waals surface area contributed by atoms with Crippen LogP contribution in [0.5, 0.6) is 11.5 Å². The molecular formula is C26H31NO6. The minimum absolute atomic E-state index is 0.0485. The predicted molar refractivity (Wildman–Crippen MR) is 126 cm³/mol. The summed E-state index contributed by atoms with van der Waals surface area (Å²) in [7, 11) is 4.69. The molecule has 7 nitrogen and oxygen atoms in total. The molecule has 0 spiro atoms. The van der Waals surface area contributed by atoms with Gasteiger partial charge in [0.1, 0.15) is 17.3 Å². The Morgan fingerprint density at radius 2 is 1.82 bits per heavy atom. The molecule has 0 aliphatic carbocycles. The Bertz CT molecular complexity index is 1090. The summed E-state index contributed by atoms with van der Waals surface area (Å²) >= 11 is 0. The molecule has 0 bridgehead atoms. The second-order valence-electron chi connectivity index (χ2n) is 8.33. The minimum Gasteiger partial charge on any atom is -0.507 e. The Labute approximate surface area is 194 Å². The van der Waals surface area contributed by atoms with Crippen LogP contribution in [0.25, 0.3) is 5.76 Å². The lowest BCUT2D eigenvalue weighted by Gasteiger charge is -2.25. The van der Waals surface area contributed by atoms with Crippen LogP contribution in [0.4, 0.5) is 0 Å². The lowest BCUT2D eigenvalue weighted by molar-refractivity contribution is -0.140. The number of methoxy groups -OCH3 is 3. The lowest BCUT2D eigenvalue weighted by Crippen LogP contribution is -2.32. The summed E-state index contributed by atoms with van der Waals surface area (Å²) in [6, 6.07) is 10.1. The molecule has 176 valence electrons. The Hall–Kier alpha value is -3.32. The number of nitrogens with zero attached hydrogens (tertiary/aromatic N) is 1. The van der Waals surface area contributed by atoms with Crippen LogP contribution in [0.15, 0.2) is 42.0 Å². The van der Waals surface area contributed by atoms with E-state index in [0.717, 1.165) is 11.1 Å². The average molecular weight is 454 g/mol. The van der Waals surface area contributed by atoms with E-state index in [1.54, 1.807) is 32.4 Å². The number of ether oxygens (including phenoxy) is 3. The maximum absolute atomic E-state index is 13.2. The zero-order valence-corrected chi connectivity index (χ0v) is 20.0. The van der Waals surface area contributed by atoms with Crippen molar-refractivity contribution in [3.8, 4) is 11.5 Å². The van der Waals surface area contributed by atoms with Gasteiger partial charge >= 0.3 is 0 Å². The van der Waals surface area contributed by atoms with Crippen molar-refractivity contribution >= 4 is 17.4 Å². The van der Waals surface area contributed by atoms with Crippen molar-refractivity contribution in [2.75, 3.05) is 34.5 Å². The van der Waals surface area contributed by atoms with Crippen molar-refractivity contribution in [3.05, 3.63) is 64.2 Å². The topological polar surface area (TPSA) is 85.3 Å². The molecule has 0 saturated carbocycles. The summed E-state index contributed by atoms with van der Waals surface area (Å²) in [5.74, 6) is -0.167. The largest absolute Gasteiger partial charge is 0.507 e. The van der Waals surface area contributed by atoms with E-state index in [9.17, 15) is 14.7 Å². The molecule has 7 heteroatoms. The third-order valence-corrected chi connectivity index (χ3v) is 5.94. The first-order valence-electron chi connectivity index (χ1n) is 10.8. The Morgan fingerprint density at radius 3 is 2.42 bits per heavy atom. The van der Waals surface area contributed by atoms with Gasteiger partial charge in [-0.3, -0.25) is 9.59 Å². The van der Waals surface area contributed by atoms with Crippen molar-refractivity contribution < 1.29 is 28.9 Å². The van der Waals surface area contributed by atoms with E-state index < -0.39 is 17.7 Å². The normalized spacial score (nSPS) is 17.7. The molecule has 0 radical (unpaired) electrons. The smallest absolute Gasteiger partial charge is 0.295 e. The van der Waals surface area contributed by atoms with Crippen molar-refractivity contribution in [1.29, 1.82) is 0 Å². The first-order valence-corrected chi connectivity index (χ1v) is 10.8. The summed E-state index contributed by atoms with van der Waals surface area (Å²) in [6.45, 7) is 6.35. The van der Waals surface area contributed by atoms with Crippen molar-refractivity contribution in [2.24, 2.45) is 0 Å². The molecule has 2 aromatic carbocycles. The number of likely N-dealkylation sites (tertiary alicyclic amines) is 1. The third kappa shape index (κ3) is 4.59. The number of amides is 1. The standard InChI is InChI=1S/C26H31NO6/c1-15(2)19-14-20(16(3)12-21(19)33-6)24(28)22-23(17-8-7-9-18(13-17)32-5)27(10-11-31-4)26(30)25(22)29/h7-9,12-15,23,28H,10-11H2,1-6H3/b24-22+. The molecule has 3 rings (SSSR count). The van der Waals surface area contributed by atoms with Gasteiger partial charge in [-0.05, 0) is 53.8 Å². The first kappa shape index (κ1) is 24.3. The average Bonchev–Trinajstić information content (AvgIpc) is 3.06. The highest BCUT2D eigenvalue weighted by Gasteiger charge is 2.46. The Morgan fingerprint density at radius 1 is 1.09 bits per heavy atom. The lowest BCUT2D eigenvalue weighted by atomic mass is 9.91. The van der Waals surface area contributed by atoms with Crippen molar-refractivity contribution in [3.63, 3.8) is 0 Å². The van der Waals surface area contributed by atoms with Crippen LogP contribution in [-0.2, 0) is 14.3 Å². The number of Topliss-reactive ketones (excluding diaryl/α,β-unsaturated/α-hetero) is 1. The van der Waals surface area contributed by atoms with E-state index in [2.05, 4.69) is 0 Å². The van der Waals surface area contributed by atoms with Crippen LogP contribution < -0.4 is 9.47 Å². The molecule has 0 aromatic heterocycles. The maximum atomic E-state index is 13.2. The van der Waals surface area contributed by atoms with E-state index in [0.29, 0.717) is 22.6 Å². The number of rotatable bonds is 8. The molecular weight excluding hydrogens is 422 g/mol. The molecule has 1 N–H and O–H groups in total. The Balaban J connectivity index is 2.25. The number of aryl methyl sites for hydroxylation is 1. The summed E-state index contributed by atoms with van der Waals surface area (Å²) in [6.07, 6.45) is 0. The van der Waals surface area contributed by atoms with Gasteiger partial charge in [0.2, 0.25) is 0 Å². The second-order valence-corrected chi connectivity index (χ2v) is 8.33. The highest BCUT2D eigenvalue weighted by molar-refractivity contribution is 6.46. The fourth-order valence-corrected chi connectivity index (χ4v) is 4.18. The number of aliphatic hydroxyl groups is 1. The number of hydrogen-bond donors (Lipinski definition) is 1. The highest BCUT2D eigenvalue weighted by atomic mass is 16.5. The van der Waals surface area contributed by atoms with Gasteiger partial charge in [0, 0.05) is 19.2 Å². The van der Waals surface area contributed by atoms with Crippen LogP contribution >= 0.6 is 0 Å². The van der Waals surface area contributed by atoms with Gasteiger partial charge in [-0.15, -0.1) is 0 Å². The minimum atomic E-state index is -0.765. The van der Waals surface area contributed by atoms with E-state index >= 15 is 0 Å². The van der Waals surface area contributed by atoms with E-state index in [1.165, 1.54) is 12.0 Å². The number of carbonyl (C=O) groups is 2. The number of hydrogen-bond acceptors (Lipinski definition) is 6. The van der Waals surface area contributed by atoms with E-state index in [1.807, 2.05) is 39.0 Å². The molecule has 1 aliphatic heterocycles. The number of ketones is 1. The van der Waals surface area contributed by atoms with Crippen LogP contribution in [0.3, 0.4) is 0 Å². The van der Waals surface area contributed by atoms with Gasteiger partial charge in [0.25, 0.3) is 11.7 Å². The quantitative estimate of drug-likeness (QED) is 0.366. The Kier molecular flexibility index (Phi) is 7.43. The van der Waals surface area contributed by atoms with Gasteiger partial charge in [-0.1, -0.05) is 26.0 Å². The van der Waals surface area contributed by atoms with Gasteiger partial charge in [0.15, 0.2) is 0 Å².